The van der Waals surface area contributed by atoms with Gasteiger partial charge in [0.2, 0.25) is 0 Å². The molecular weight excluding hydrogens is 210 g/mol. The summed E-state index contributed by atoms with van der Waals surface area (Å²) in [5, 5.41) is 0. The van der Waals surface area contributed by atoms with E-state index in [1.54, 1.807) is 0 Å². The van der Waals surface area contributed by atoms with Crippen molar-refractivity contribution in [2.75, 3.05) is 5.73 Å². The summed E-state index contributed by atoms with van der Waals surface area (Å²) >= 11 is 0. The first-order valence-corrected chi connectivity index (χ1v) is 5.79. The van der Waals surface area contributed by atoms with Crippen LogP contribution < -0.4 is 5.73 Å². The standard InChI is InChI=1S/C12H13N3.C2H6/c1-3-5-9-8(4-2)6-7-10-11(9)15-12(13)14-10;1-2/h3-7H,2H2,1H3,(H3,13,14,15);1-2H3/b5-3-;. The number of nitrogen functional groups attached to an aromatic ring is 1. The van der Waals surface area contributed by atoms with Crippen molar-refractivity contribution >= 4 is 29.1 Å². The Morgan fingerprint density at radius 1 is 1.35 bits per heavy atom. The first-order valence-electron chi connectivity index (χ1n) is 5.79. The van der Waals surface area contributed by atoms with Gasteiger partial charge in [0.1, 0.15) is 0 Å². The molecule has 1 aromatic carbocycles. The fourth-order valence-corrected chi connectivity index (χ4v) is 1.65. The second-order valence-electron chi connectivity index (χ2n) is 3.29. The van der Waals surface area contributed by atoms with Crippen molar-refractivity contribution in [1.82, 2.24) is 9.97 Å². The van der Waals surface area contributed by atoms with Gasteiger partial charge in [0, 0.05) is 5.56 Å². The second-order valence-corrected chi connectivity index (χ2v) is 3.29. The molecule has 1 heterocycles. The molecule has 0 bridgehead atoms. The van der Waals surface area contributed by atoms with Crippen LogP contribution >= 0.6 is 0 Å². The highest BCUT2D eigenvalue weighted by Crippen LogP contribution is 2.23. The summed E-state index contributed by atoms with van der Waals surface area (Å²) in [7, 11) is 0. The molecule has 0 saturated carbocycles. The minimum atomic E-state index is 0.442. The van der Waals surface area contributed by atoms with Gasteiger partial charge in [0.15, 0.2) is 5.95 Å². The quantitative estimate of drug-likeness (QED) is 0.821. The molecule has 90 valence electrons. The van der Waals surface area contributed by atoms with Gasteiger partial charge in [-0.3, -0.25) is 0 Å². The molecule has 0 radical (unpaired) electrons. The van der Waals surface area contributed by atoms with Crippen molar-refractivity contribution in [3.8, 4) is 0 Å². The van der Waals surface area contributed by atoms with Gasteiger partial charge in [0.25, 0.3) is 0 Å². The molecule has 0 aliphatic heterocycles. The van der Waals surface area contributed by atoms with E-state index in [9.17, 15) is 0 Å². The topological polar surface area (TPSA) is 54.7 Å². The van der Waals surface area contributed by atoms with E-state index in [4.69, 9.17) is 5.73 Å². The summed E-state index contributed by atoms with van der Waals surface area (Å²) in [5.41, 5.74) is 9.59. The minimum Gasteiger partial charge on any atom is -0.369 e. The van der Waals surface area contributed by atoms with Gasteiger partial charge < -0.3 is 10.7 Å². The third kappa shape index (κ3) is 2.56. The number of aromatic amines is 1. The van der Waals surface area contributed by atoms with Crippen molar-refractivity contribution < 1.29 is 0 Å². The van der Waals surface area contributed by atoms with E-state index in [1.807, 2.05) is 51.1 Å². The van der Waals surface area contributed by atoms with Crippen LogP contribution in [0.5, 0.6) is 0 Å². The zero-order valence-corrected chi connectivity index (χ0v) is 10.6. The second kappa shape index (κ2) is 5.89. The number of hydrogen-bond donors (Lipinski definition) is 2. The smallest absolute Gasteiger partial charge is 0.198 e. The number of nitrogens with zero attached hydrogens (tertiary/aromatic N) is 1. The van der Waals surface area contributed by atoms with Crippen LogP contribution in [0.4, 0.5) is 5.95 Å². The summed E-state index contributed by atoms with van der Waals surface area (Å²) in [6.45, 7) is 9.76. The number of hydrogen-bond acceptors (Lipinski definition) is 2. The van der Waals surface area contributed by atoms with Crippen LogP contribution in [-0.4, -0.2) is 9.97 Å². The first-order chi connectivity index (χ1) is 8.26. The van der Waals surface area contributed by atoms with Gasteiger partial charge in [-0.15, -0.1) is 0 Å². The molecule has 3 heteroatoms. The van der Waals surface area contributed by atoms with E-state index in [0.29, 0.717) is 5.95 Å². The van der Waals surface area contributed by atoms with E-state index in [1.165, 1.54) is 0 Å². The Balaban J connectivity index is 0.000000686. The molecule has 0 aliphatic carbocycles. The maximum Gasteiger partial charge on any atom is 0.198 e. The van der Waals surface area contributed by atoms with Crippen LogP contribution in [-0.2, 0) is 0 Å². The van der Waals surface area contributed by atoms with Crippen LogP contribution in [0.1, 0.15) is 31.9 Å². The summed E-state index contributed by atoms with van der Waals surface area (Å²) in [6, 6.07) is 3.96. The molecule has 0 unspecified atom stereocenters. The number of aromatic nitrogens is 2. The zero-order valence-electron chi connectivity index (χ0n) is 10.6. The van der Waals surface area contributed by atoms with Crippen molar-refractivity contribution in [2.24, 2.45) is 0 Å². The number of fused-ring (bicyclic) bond motifs is 1. The highest BCUT2D eigenvalue weighted by atomic mass is 15.0. The van der Waals surface area contributed by atoms with Crippen LogP contribution in [0.3, 0.4) is 0 Å². The van der Waals surface area contributed by atoms with Crippen molar-refractivity contribution in [3.63, 3.8) is 0 Å². The Kier molecular flexibility index (Phi) is 4.52. The summed E-state index contributed by atoms with van der Waals surface area (Å²) in [4.78, 5) is 7.27. The van der Waals surface area contributed by atoms with Gasteiger partial charge >= 0.3 is 0 Å². The lowest BCUT2D eigenvalue weighted by molar-refractivity contribution is 1.35. The Labute approximate surface area is 102 Å². The predicted molar refractivity (Wildman–Crippen MR) is 76.7 cm³/mol. The molecule has 17 heavy (non-hydrogen) atoms. The molecule has 0 fully saturated rings. The minimum absolute atomic E-state index is 0.442. The lowest BCUT2D eigenvalue weighted by atomic mass is 10.1. The molecule has 2 rings (SSSR count). The lowest BCUT2D eigenvalue weighted by Gasteiger charge is -2.01. The highest BCUT2D eigenvalue weighted by molar-refractivity contribution is 5.90. The van der Waals surface area contributed by atoms with Crippen molar-refractivity contribution in [2.45, 2.75) is 20.8 Å². The molecule has 0 aliphatic rings. The van der Waals surface area contributed by atoms with E-state index >= 15 is 0 Å². The molecule has 0 amide bonds. The third-order valence-corrected chi connectivity index (χ3v) is 2.30. The van der Waals surface area contributed by atoms with E-state index < -0.39 is 0 Å². The molecule has 0 atom stereocenters. The molecule has 0 spiro atoms. The van der Waals surface area contributed by atoms with Crippen molar-refractivity contribution in [3.05, 3.63) is 35.9 Å². The average molecular weight is 229 g/mol. The van der Waals surface area contributed by atoms with Gasteiger partial charge in [-0.1, -0.05) is 44.7 Å². The van der Waals surface area contributed by atoms with E-state index in [2.05, 4.69) is 16.5 Å². The number of anilines is 1. The summed E-state index contributed by atoms with van der Waals surface area (Å²) < 4.78 is 0. The van der Waals surface area contributed by atoms with Gasteiger partial charge in [0.05, 0.1) is 11.0 Å². The SMILES string of the molecule is C=Cc1ccc2[nH]c(N)nc2c1/C=C\C.CC. The Morgan fingerprint density at radius 3 is 2.65 bits per heavy atom. The number of allylic oxidation sites excluding steroid dienone is 1. The third-order valence-electron chi connectivity index (χ3n) is 2.30. The van der Waals surface area contributed by atoms with E-state index in [-0.39, 0.29) is 0 Å². The van der Waals surface area contributed by atoms with Crippen molar-refractivity contribution in [1.29, 1.82) is 0 Å². The summed E-state index contributed by atoms with van der Waals surface area (Å²) in [5.74, 6) is 0.442. The zero-order chi connectivity index (χ0) is 12.8. The van der Waals surface area contributed by atoms with Gasteiger partial charge in [-0.05, 0) is 18.6 Å². The fourth-order valence-electron chi connectivity index (χ4n) is 1.65. The Morgan fingerprint density at radius 2 is 2.06 bits per heavy atom. The number of imidazole rings is 1. The molecule has 3 N–H and O–H groups in total. The molecule has 3 nitrogen and oxygen atoms in total. The van der Waals surface area contributed by atoms with Crippen LogP contribution in [0.2, 0.25) is 0 Å². The molecular formula is C14H19N3. The lowest BCUT2D eigenvalue weighted by Crippen LogP contribution is -1.85. The maximum absolute atomic E-state index is 5.63. The Bertz CT molecular complexity index is 536. The molecule has 2 aromatic rings. The van der Waals surface area contributed by atoms with Crippen LogP contribution in [0.15, 0.2) is 24.8 Å². The monoisotopic (exact) mass is 229 g/mol. The highest BCUT2D eigenvalue weighted by Gasteiger charge is 2.06. The number of rotatable bonds is 2. The largest absolute Gasteiger partial charge is 0.369 e. The number of nitrogens with one attached hydrogen (secondary N) is 1. The Hall–Kier alpha value is -2.03. The number of nitrogens with two attached hydrogens (primary N) is 1. The molecule has 1 aromatic heterocycles. The average Bonchev–Trinajstić information content (AvgIpc) is 2.73. The van der Waals surface area contributed by atoms with Gasteiger partial charge in [-0.25, -0.2) is 4.98 Å². The normalized spacial score (nSPS) is 10.3. The summed E-state index contributed by atoms with van der Waals surface area (Å²) in [6.07, 6.45) is 5.81. The number of H-pyrrole nitrogens is 1. The van der Waals surface area contributed by atoms with Gasteiger partial charge in [-0.2, -0.15) is 0 Å². The predicted octanol–water partition coefficient (Wildman–Crippen LogP) is 3.85. The van der Waals surface area contributed by atoms with Crippen LogP contribution in [0, 0.1) is 0 Å². The van der Waals surface area contributed by atoms with E-state index in [0.717, 1.165) is 22.2 Å². The number of benzene rings is 1. The first kappa shape index (κ1) is 13.0. The fraction of sp³-hybridized carbons (Fsp3) is 0.214. The van der Waals surface area contributed by atoms with Crippen LogP contribution in [0.25, 0.3) is 23.2 Å². The molecule has 0 saturated heterocycles. The maximum atomic E-state index is 5.63.